The van der Waals surface area contributed by atoms with Crippen molar-refractivity contribution in [2.24, 2.45) is 0 Å². The zero-order valence-electron chi connectivity index (χ0n) is 14.7. The first kappa shape index (κ1) is 20.9. The summed E-state index contributed by atoms with van der Waals surface area (Å²) in [4.78, 5) is 0. The van der Waals surface area contributed by atoms with Crippen molar-refractivity contribution in [3.63, 3.8) is 0 Å². The number of hydrogen-bond acceptors (Lipinski definition) is 4. The lowest BCUT2D eigenvalue weighted by molar-refractivity contribution is -0.0368. The molecule has 0 unspecified atom stereocenters. The van der Waals surface area contributed by atoms with Gasteiger partial charge in [-0.15, -0.1) is 0 Å². The highest BCUT2D eigenvalue weighted by Gasteiger charge is 2.31. The molecule has 0 amide bonds. The molecule has 0 saturated heterocycles. The van der Waals surface area contributed by atoms with E-state index < -0.39 is 6.96 Å². The molecule has 0 spiro atoms. The molecule has 0 bridgehead atoms. The number of unbranched alkanes of at least 4 members (excludes halogenated alkanes) is 4. The minimum absolute atomic E-state index is 0.626. The van der Waals surface area contributed by atoms with E-state index >= 15 is 0 Å². The van der Waals surface area contributed by atoms with Gasteiger partial charge in [0.15, 0.2) is 0 Å². The van der Waals surface area contributed by atoms with E-state index in [0.29, 0.717) is 26.4 Å². The summed E-state index contributed by atoms with van der Waals surface area (Å²) in [5, 5.41) is 0. The van der Waals surface area contributed by atoms with Crippen LogP contribution in [0.3, 0.4) is 0 Å². The Morgan fingerprint density at radius 3 is 0.905 bits per heavy atom. The molecule has 0 heterocycles. The van der Waals surface area contributed by atoms with Crippen LogP contribution in [0.1, 0.15) is 79.1 Å². The average Bonchev–Trinajstić information content (AvgIpc) is 2.48. The second-order valence-corrected chi connectivity index (χ2v) is 5.47. The molecule has 0 rings (SSSR count). The molecule has 0 aromatic carbocycles. The summed E-state index contributed by atoms with van der Waals surface area (Å²) in [7, 11) is 0. The van der Waals surface area contributed by atoms with Crippen LogP contribution in [0.2, 0.25) is 0 Å². The van der Waals surface area contributed by atoms with Crippen molar-refractivity contribution >= 4 is 6.96 Å². The van der Waals surface area contributed by atoms with Gasteiger partial charge in [-0.25, -0.2) is 0 Å². The van der Waals surface area contributed by atoms with Gasteiger partial charge in [-0.05, 0) is 25.7 Å². The summed E-state index contributed by atoms with van der Waals surface area (Å²) >= 11 is 0. The smallest absolute Gasteiger partial charge is 0.518 e. The van der Waals surface area contributed by atoms with Crippen molar-refractivity contribution in [2.75, 3.05) is 26.4 Å². The Morgan fingerprint density at radius 1 is 0.476 bits per heavy atom. The monoisotopic (exact) mass is 303 g/mol. The van der Waals surface area contributed by atoms with Crippen LogP contribution in [0.4, 0.5) is 0 Å². The molecule has 0 radical (unpaired) electrons. The molecule has 0 N–H and O–H groups in total. The number of hydrogen-bond donors (Lipinski definition) is 0. The zero-order chi connectivity index (χ0) is 15.8. The van der Waals surface area contributed by atoms with E-state index in [1.165, 1.54) is 0 Å². The van der Waals surface area contributed by atoms with Gasteiger partial charge in [-0.3, -0.25) is 0 Å². The predicted molar refractivity (Wildman–Crippen MR) is 89.2 cm³/mol. The van der Waals surface area contributed by atoms with Crippen molar-refractivity contribution in [1.29, 1.82) is 0 Å². The van der Waals surface area contributed by atoms with E-state index in [4.69, 9.17) is 18.6 Å². The van der Waals surface area contributed by atoms with Crippen LogP contribution in [-0.2, 0) is 18.6 Å². The van der Waals surface area contributed by atoms with Crippen LogP contribution < -0.4 is 0 Å². The Morgan fingerprint density at radius 2 is 0.714 bits per heavy atom. The third-order valence-corrected chi connectivity index (χ3v) is 3.28. The molecule has 0 aliphatic heterocycles. The van der Waals surface area contributed by atoms with Gasteiger partial charge in [0, 0.05) is 26.4 Å². The lowest BCUT2D eigenvalue weighted by Gasteiger charge is -2.41. The van der Waals surface area contributed by atoms with Crippen LogP contribution in [0.15, 0.2) is 0 Å². The van der Waals surface area contributed by atoms with Gasteiger partial charge in [0.2, 0.25) is 0 Å². The van der Waals surface area contributed by atoms with Crippen LogP contribution in [-0.4, -0.2) is 33.4 Å². The standard InChI is InChI=1S/C16H36BO4/c1-5-9-13-18-17(19-14-10-6-2,20-15-11-7-3)21-16-12-8-4/h5-16H2,1-4H3/q-1. The maximum Gasteiger partial charge on any atom is 0.531 e. The molecular formula is C16H36BO4-. The van der Waals surface area contributed by atoms with Crippen LogP contribution in [0.5, 0.6) is 0 Å². The fourth-order valence-electron chi connectivity index (χ4n) is 1.78. The van der Waals surface area contributed by atoms with Gasteiger partial charge in [0.05, 0.1) is 0 Å². The van der Waals surface area contributed by atoms with Crippen LogP contribution in [0.25, 0.3) is 0 Å². The van der Waals surface area contributed by atoms with Crippen molar-refractivity contribution < 1.29 is 18.6 Å². The second kappa shape index (κ2) is 14.8. The lowest BCUT2D eigenvalue weighted by Crippen LogP contribution is -2.50. The topological polar surface area (TPSA) is 36.9 Å². The molecular weight excluding hydrogens is 267 g/mol. The molecule has 0 aromatic rings. The first-order valence-electron chi connectivity index (χ1n) is 8.93. The summed E-state index contributed by atoms with van der Waals surface area (Å²) in [6.07, 6.45) is 8.33. The highest BCUT2D eigenvalue weighted by molar-refractivity contribution is 6.53. The molecule has 0 aromatic heterocycles. The minimum atomic E-state index is -2.04. The van der Waals surface area contributed by atoms with E-state index in [1.807, 2.05) is 0 Å². The summed E-state index contributed by atoms with van der Waals surface area (Å²) in [6.45, 7) is 9.04. The Balaban J connectivity index is 4.52. The second-order valence-electron chi connectivity index (χ2n) is 5.47. The van der Waals surface area contributed by atoms with E-state index in [1.54, 1.807) is 0 Å². The minimum Gasteiger partial charge on any atom is -0.518 e. The van der Waals surface area contributed by atoms with Gasteiger partial charge < -0.3 is 18.6 Å². The maximum atomic E-state index is 5.91. The number of rotatable bonds is 16. The van der Waals surface area contributed by atoms with Gasteiger partial charge in [-0.2, -0.15) is 0 Å². The fraction of sp³-hybridized carbons (Fsp3) is 1.00. The lowest BCUT2D eigenvalue weighted by atomic mass is 10.0. The SMILES string of the molecule is CCCCO[B-](OCCCC)(OCCCC)OCCCC. The predicted octanol–water partition coefficient (Wildman–Crippen LogP) is 4.69. The highest BCUT2D eigenvalue weighted by Crippen LogP contribution is 2.15. The quantitative estimate of drug-likeness (QED) is 0.306. The van der Waals surface area contributed by atoms with Crippen molar-refractivity contribution in [3.8, 4) is 0 Å². The van der Waals surface area contributed by atoms with Gasteiger partial charge in [0.1, 0.15) is 0 Å². The van der Waals surface area contributed by atoms with Gasteiger partial charge in [0.25, 0.3) is 0 Å². The normalized spacial score (nSPS) is 12.0. The molecule has 0 aliphatic rings. The molecule has 21 heavy (non-hydrogen) atoms. The summed E-state index contributed by atoms with van der Waals surface area (Å²) in [5.74, 6) is 0. The van der Waals surface area contributed by atoms with Crippen molar-refractivity contribution in [3.05, 3.63) is 0 Å². The Bertz CT molecular complexity index is 169. The largest absolute Gasteiger partial charge is 0.531 e. The maximum absolute atomic E-state index is 5.91. The first-order chi connectivity index (χ1) is 10.2. The van der Waals surface area contributed by atoms with Gasteiger partial charge in [-0.1, -0.05) is 53.4 Å². The van der Waals surface area contributed by atoms with E-state index in [0.717, 1.165) is 51.4 Å². The third-order valence-electron chi connectivity index (χ3n) is 3.28. The summed E-state index contributed by atoms with van der Waals surface area (Å²) in [6, 6.07) is 0. The molecule has 128 valence electrons. The molecule has 0 atom stereocenters. The Kier molecular flexibility index (Phi) is 14.8. The van der Waals surface area contributed by atoms with E-state index in [2.05, 4.69) is 27.7 Å². The van der Waals surface area contributed by atoms with Crippen molar-refractivity contribution in [1.82, 2.24) is 0 Å². The van der Waals surface area contributed by atoms with E-state index in [9.17, 15) is 0 Å². The summed E-state index contributed by atoms with van der Waals surface area (Å²) < 4.78 is 23.6. The average molecular weight is 303 g/mol. The van der Waals surface area contributed by atoms with Crippen molar-refractivity contribution in [2.45, 2.75) is 79.1 Å². The first-order valence-corrected chi connectivity index (χ1v) is 8.93. The molecule has 4 nitrogen and oxygen atoms in total. The zero-order valence-corrected chi connectivity index (χ0v) is 14.7. The highest BCUT2D eigenvalue weighted by atomic mass is 16.9. The fourth-order valence-corrected chi connectivity index (χ4v) is 1.78. The molecule has 0 fully saturated rings. The molecule has 0 aliphatic carbocycles. The van der Waals surface area contributed by atoms with Gasteiger partial charge >= 0.3 is 6.96 Å². The van der Waals surface area contributed by atoms with E-state index in [-0.39, 0.29) is 0 Å². The third kappa shape index (κ3) is 11.2. The van der Waals surface area contributed by atoms with Crippen LogP contribution in [0, 0.1) is 0 Å². The Hall–Kier alpha value is -0.0951. The molecule has 5 heteroatoms. The van der Waals surface area contributed by atoms with Crippen LogP contribution >= 0.6 is 0 Å². The Labute approximate surface area is 131 Å². The summed E-state index contributed by atoms with van der Waals surface area (Å²) in [5.41, 5.74) is 0. The molecule has 0 saturated carbocycles.